The molecule has 0 aromatic carbocycles. The molecule has 2 saturated carbocycles. The van der Waals surface area contributed by atoms with Crippen molar-refractivity contribution in [1.29, 1.82) is 0 Å². The number of nitrogens with one attached hydrogen (secondary N) is 1. The minimum atomic E-state index is 0.588. The molecule has 3 rings (SSSR count). The third-order valence-corrected chi connectivity index (χ3v) is 4.89. The van der Waals surface area contributed by atoms with Gasteiger partial charge in [-0.2, -0.15) is 0 Å². The van der Waals surface area contributed by atoms with Crippen LogP contribution in [0.5, 0.6) is 0 Å². The highest BCUT2D eigenvalue weighted by atomic mass is 14.9. The van der Waals surface area contributed by atoms with E-state index in [1.54, 1.807) is 0 Å². The first-order valence-electron chi connectivity index (χ1n) is 6.86. The lowest BCUT2D eigenvalue weighted by atomic mass is 9.83. The van der Waals surface area contributed by atoms with Crippen LogP contribution < -0.4 is 5.32 Å². The third kappa shape index (κ3) is 2.11. The number of nitrogens with zero attached hydrogens (tertiary/aromatic N) is 1. The maximum absolute atomic E-state index is 4.11. The van der Waals surface area contributed by atoms with Crippen LogP contribution in [0, 0.1) is 17.8 Å². The lowest BCUT2D eigenvalue weighted by molar-refractivity contribution is 0.315. The van der Waals surface area contributed by atoms with Gasteiger partial charge in [-0.3, -0.25) is 4.98 Å². The topological polar surface area (TPSA) is 24.9 Å². The zero-order chi connectivity index (χ0) is 11.8. The Labute approximate surface area is 104 Å². The van der Waals surface area contributed by atoms with Gasteiger partial charge in [0, 0.05) is 18.4 Å². The Balaban J connectivity index is 1.72. The number of fused-ring (bicyclic) bond motifs is 1. The van der Waals surface area contributed by atoms with Crippen molar-refractivity contribution < 1.29 is 0 Å². The first-order valence-corrected chi connectivity index (χ1v) is 6.86. The molecule has 0 radical (unpaired) electrons. The Morgan fingerprint density at radius 1 is 1.18 bits per heavy atom. The second-order valence-corrected chi connectivity index (χ2v) is 5.87. The van der Waals surface area contributed by atoms with Crippen LogP contribution in [0.4, 0.5) is 0 Å². The van der Waals surface area contributed by atoms with Gasteiger partial charge >= 0.3 is 0 Å². The van der Waals surface area contributed by atoms with Gasteiger partial charge in [0.15, 0.2) is 0 Å². The van der Waals surface area contributed by atoms with Crippen molar-refractivity contribution in [1.82, 2.24) is 10.3 Å². The fourth-order valence-corrected chi connectivity index (χ4v) is 3.82. The molecule has 0 aliphatic heterocycles. The van der Waals surface area contributed by atoms with E-state index in [1.165, 1.54) is 24.8 Å². The molecule has 1 aromatic rings. The van der Waals surface area contributed by atoms with Crippen LogP contribution in [-0.4, -0.2) is 18.1 Å². The summed E-state index contributed by atoms with van der Waals surface area (Å²) < 4.78 is 0. The summed E-state index contributed by atoms with van der Waals surface area (Å²) in [5.41, 5.74) is 1.42. The summed E-state index contributed by atoms with van der Waals surface area (Å²) in [6, 6.07) is 4.94. The zero-order valence-corrected chi connectivity index (χ0v) is 10.8. The largest absolute Gasteiger partial charge is 0.316 e. The van der Waals surface area contributed by atoms with Crippen LogP contribution in [0.1, 0.15) is 37.7 Å². The quantitative estimate of drug-likeness (QED) is 0.860. The van der Waals surface area contributed by atoms with Crippen LogP contribution in [0.2, 0.25) is 0 Å². The highest BCUT2D eigenvalue weighted by Gasteiger charge is 2.48. The molecule has 2 aliphatic rings. The van der Waals surface area contributed by atoms with E-state index in [0.717, 1.165) is 17.8 Å². The van der Waals surface area contributed by atoms with Gasteiger partial charge < -0.3 is 5.32 Å². The summed E-state index contributed by atoms with van der Waals surface area (Å²) in [7, 11) is 2.12. The van der Waals surface area contributed by atoms with Gasteiger partial charge in [-0.25, -0.2) is 0 Å². The number of likely N-dealkylation sites (N-methyl/N-ethyl adjacent to an activating group) is 1. The Bertz CT molecular complexity index is 366. The van der Waals surface area contributed by atoms with Crippen LogP contribution in [0.15, 0.2) is 24.5 Å². The molecule has 2 aliphatic carbocycles. The van der Waals surface area contributed by atoms with Gasteiger partial charge in [-0.1, -0.05) is 6.92 Å². The van der Waals surface area contributed by atoms with Crippen LogP contribution in [0.25, 0.3) is 0 Å². The second kappa shape index (κ2) is 4.41. The van der Waals surface area contributed by atoms with Gasteiger partial charge in [-0.05, 0) is 67.7 Å². The molecular formula is C15H22N2. The molecule has 0 amide bonds. The molecule has 1 aromatic heterocycles. The van der Waals surface area contributed by atoms with E-state index in [-0.39, 0.29) is 0 Å². The molecule has 92 valence electrons. The molecule has 4 atom stereocenters. The highest BCUT2D eigenvalue weighted by molar-refractivity contribution is 5.18. The van der Waals surface area contributed by atoms with Crippen LogP contribution in [-0.2, 0) is 0 Å². The van der Waals surface area contributed by atoms with E-state index >= 15 is 0 Å². The van der Waals surface area contributed by atoms with Crippen LogP contribution in [0.3, 0.4) is 0 Å². The normalized spacial score (nSPS) is 34.1. The van der Waals surface area contributed by atoms with Gasteiger partial charge in [0.2, 0.25) is 0 Å². The lowest BCUT2D eigenvalue weighted by Gasteiger charge is -2.30. The summed E-state index contributed by atoms with van der Waals surface area (Å²) in [6.07, 6.45) is 8.23. The first-order chi connectivity index (χ1) is 8.29. The fourth-order valence-electron chi connectivity index (χ4n) is 3.82. The lowest BCUT2D eigenvalue weighted by Crippen LogP contribution is -2.37. The smallest absolute Gasteiger partial charge is 0.0270 e. The van der Waals surface area contributed by atoms with E-state index < -0.39 is 0 Å². The fraction of sp³-hybridized carbons (Fsp3) is 0.667. The maximum atomic E-state index is 4.11. The van der Waals surface area contributed by atoms with Crippen molar-refractivity contribution in [3.8, 4) is 0 Å². The van der Waals surface area contributed by atoms with Crippen molar-refractivity contribution >= 4 is 0 Å². The molecule has 1 heterocycles. The number of aromatic nitrogens is 1. The van der Waals surface area contributed by atoms with Gasteiger partial charge in [-0.15, -0.1) is 0 Å². The van der Waals surface area contributed by atoms with Gasteiger partial charge in [0.25, 0.3) is 0 Å². The number of hydrogen-bond donors (Lipinski definition) is 1. The van der Waals surface area contributed by atoms with E-state index in [2.05, 4.69) is 36.4 Å². The van der Waals surface area contributed by atoms with E-state index in [1.807, 2.05) is 12.4 Å². The molecule has 17 heavy (non-hydrogen) atoms. The number of hydrogen-bond acceptors (Lipinski definition) is 2. The Kier molecular flexibility index (Phi) is 2.91. The summed E-state index contributed by atoms with van der Waals surface area (Å²) in [5, 5.41) is 3.56. The standard InChI is InChI=1S/C15H22N2/c1-10(11-3-5-17-6-4-11)15(16-2)14-8-12-7-13(12)9-14/h3-6,10,12-16H,7-9H2,1-2H3. The molecule has 1 N–H and O–H groups in total. The average Bonchev–Trinajstić information content (AvgIpc) is 2.98. The third-order valence-electron chi connectivity index (χ3n) is 4.89. The average molecular weight is 230 g/mol. The van der Waals surface area contributed by atoms with Crippen molar-refractivity contribution in [2.45, 2.75) is 38.1 Å². The van der Waals surface area contributed by atoms with E-state index in [0.29, 0.717) is 12.0 Å². The van der Waals surface area contributed by atoms with E-state index in [4.69, 9.17) is 0 Å². The van der Waals surface area contributed by atoms with Crippen molar-refractivity contribution in [2.75, 3.05) is 7.05 Å². The van der Waals surface area contributed by atoms with Gasteiger partial charge in [0.1, 0.15) is 0 Å². The van der Waals surface area contributed by atoms with Crippen molar-refractivity contribution in [2.24, 2.45) is 17.8 Å². The Morgan fingerprint density at radius 3 is 2.41 bits per heavy atom. The zero-order valence-electron chi connectivity index (χ0n) is 10.8. The predicted molar refractivity (Wildman–Crippen MR) is 69.8 cm³/mol. The van der Waals surface area contributed by atoms with Crippen molar-refractivity contribution in [3.63, 3.8) is 0 Å². The van der Waals surface area contributed by atoms with Crippen molar-refractivity contribution in [3.05, 3.63) is 30.1 Å². The Hall–Kier alpha value is -0.890. The SMILES string of the molecule is CNC(C1CC2CC2C1)C(C)c1ccncc1. The summed E-state index contributed by atoms with van der Waals surface area (Å²) in [6.45, 7) is 2.35. The van der Waals surface area contributed by atoms with E-state index in [9.17, 15) is 0 Å². The molecular weight excluding hydrogens is 208 g/mol. The Morgan fingerprint density at radius 2 is 1.82 bits per heavy atom. The molecule has 0 spiro atoms. The predicted octanol–water partition coefficient (Wildman–Crippen LogP) is 2.82. The monoisotopic (exact) mass is 230 g/mol. The molecule has 0 saturated heterocycles. The first kappa shape index (κ1) is 11.2. The number of pyridine rings is 1. The maximum Gasteiger partial charge on any atom is 0.0270 e. The van der Waals surface area contributed by atoms with Crippen LogP contribution >= 0.6 is 0 Å². The minimum absolute atomic E-state index is 0.588. The molecule has 2 heteroatoms. The molecule has 2 nitrogen and oxygen atoms in total. The summed E-state index contributed by atoms with van der Waals surface area (Å²) in [4.78, 5) is 4.11. The molecule has 0 bridgehead atoms. The second-order valence-electron chi connectivity index (χ2n) is 5.87. The van der Waals surface area contributed by atoms with Gasteiger partial charge in [0.05, 0.1) is 0 Å². The summed E-state index contributed by atoms with van der Waals surface area (Å²) in [5.74, 6) is 3.61. The summed E-state index contributed by atoms with van der Waals surface area (Å²) >= 11 is 0. The highest BCUT2D eigenvalue weighted by Crippen LogP contribution is 2.56. The minimum Gasteiger partial charge on any atom is -0.316 e. The molecule has 2 fully saturated rings. The molecule has 4 unspecified atom stereocenters. The number of rotatable bonds is 4.